The van der Waals surface area contributed by atoms with Crippen molar-refractivity contribution in [2.24, 2.45) is 5.92 Å². The van der Waals surface area contributed by atoms with Crippen molar-refractivity contribution in [2.45, 2.75) is 32.7 Å². The average molecular weight is 234 g/mol. The maximum absolute atomic E-state index is 4.20. The highest BCUT2D eigenvalue weighted by Crippen LogP contribution is 2.15. The summed E-state index contributed by atoms with van der Waals surface area (Å²) in [7, 11) is 0. The highest BCUT2D eigenvalue weighted by atomic mass is 15.1. The van der Waals surface area contributed by atoms with Gasteiger partial charge in [-0.2, -0.15) is 0 Å². The zero-order valence-corrected chi connectivity index (χ0v) is 10.8. The van der Waals surface area contributed by atoms with Crippen molar-refractivity contribution < 1.29 is 0 Å². The Bertz CT molecular complexity index is 317. The second-order valence-corrected chi connectivity index (χ2v) is 5.21. The molecule has 0 radical (unpaired) electrons. The lowest BCUT2D eigenvalue weighted by Crippen LogP contribution is -2.40. The largest absolute Gasteiger partial charge is 0.367 e. The van der Waals surface area contributed by atoms with Crippen LogP contribution in [0.25, 0.3) is 0 Å². The minimum atomic E-state index is 0.563. The standard InChI is InChI=1S/C13H22N4/c1-11(2)9-17-7-4-12(5-8-17)16-13-3-6-14-10-15-13/h3,6,10-12H,4-5,7-9H2,1-2H3,(H,14,15,16). The third-order valence-electron chi connectivity index (χ3n) is 3.14. The quantitative estimate of drug-likeness (QED) is 0.865. The average Bonchev–Trinajstić information content (AvgIpc) is 2.32. The monoisotopic (exact) mass is 234 g/mol. The normalized spacial score (nSPS) is 18.5. The summed E-state index contributed by atoms with van der Waals surface area (Å²) in [4.78, 5) is 10.7. The molecule has 1 aromatic heterocycles. The number of likely N-dealkylation sites (tertiary alicyclic amines) is 1. The van der Waals surface area contributed by atoms with Gasteiger partial charge in [0.15, 0.2) is 0 Å². The Kier molecular flexibility index (Phi) is 4.31. The van der Waals surface area contributed by atoms with Crippen molar-refractivity contribution in [2.75, 3.05) is 25.0 Å². The van der Waals surface area contributed by atoms with Crippen LogP contribution in [-0.4, -0.2) is 40.5 Å². The molecule has 1 N–H and O–H groups in total. The van der Waals surface area contributed by atoms with Crippen LogP contribution in [0.3, 0.4) is 0 Å². The van der Waals surface area contributed by atoms with Gasteiger partial charge in [-0.05, 0) is 24.8 Å². The first-order chi connectivity index (χ1) is 8.24. The Balaban J connectivity index is 1.76. The third-order valence-corrected chi connectivity index (χ3v) is 3.14. The lowest BCUT2D eigenvalue weighted by atomic mass is 10.0. The number of nitrogens with one attached hydrogen (secondary N) is 1. The van der Waals surface area contributed by atoms with E-state index in [0.29, 0.717) is 6.04 Å². The maximum atomic E-state index is 4.20. The number of piperidine rings is 1. The van der Waals surface area contributed by atoms with Gasteiger partial charge in [-0.15, -0.1) is 0 Å². The minimum Gasteiger partial charge on any atom is -0.367 e. The van der Waals surface area contributed by atoms with Crippen LogP contribution in [0.2, 0.25) is 0 Å². The predicted octanol–water partition coefficient (Wildman–Crippen LogP) is 2.01. The van der Waals surface area contributed by atoms with E-state index in [2.05, 4.69) is 34.0 Å². The number of aromatic nitrogens is 2. The molecule has 1 fully saturated rings. The highest BCUT2D eigenvalue weighted by Gasteiger charge is 2.19. The molecular formula is C13H22N4. The first kappa shape index (κ1) is 12.3. The molecule has 0 amide bonds. The summed E-state index contributed by atoms with van der Waals surface area (Å²) in [6.45, 7) is 8.18. The molecule has 0 spiro atoms. The van der Waals surface area contributed by atoms with Gasteiger partial charge in [-0.1, -0.05) is 13.8 Å². The van der Waals surface area contributed by atoms with Gasteiger partial charge in [0.2, 0.25) is 0 Å². The molecule has 0 bridgehead atoms. The summed E-state index contributed by atoms with van der Waals surface area (Å²) in [5.74, 6) is 1.71. The molecule has 1 saturated heterocycles. The Labute approximate surface area is 103 Å². The van der Waals surface area contributed by atoms with Crippen molar-refractivity contribution in [1.82, 2.24) is 14.9 Å². The van der Waals surface area contributed by atoms with E-state index in [1.165, 1.54) is 32.5 Å². The van der Waals surface area contributed by atoms with E-state index in [-0.39, 0.29) is 0 Å². The minimum absolute atomic E-state index is 0.563. The zero-order valence-electron chi connectivity index (χ0n) is 10.8. The van der Waals surface area contributed by atoms with Gasteiger partial charge in [0.05, 0.1) is 0 Å². The summed E-state index contributed by atoms with van der Waals surface area (Å²) < 4.78 is 0. The topological polar surface area (TPSA) is 41.0 Å². The second kappa shape index (κ2) is 5.96. The van der Waals surface area contributed by atoms with E-state index < -0.39 is 0 Å². The molecule has 1 aromatic rings. The lowest BCUT2D eigenvalue weighted by molar-refractivity contribution is 0.198. The van der Waals surface area contributed by atoms with Crippen molar-refractivity contribution >= 4 is 5.82 Å². The molecule has 1 aliphatic rings. The van der Waals surface area contributed by atoms with E-state index in [1.807, 2.05) is 6.07 Å². The molecule has 0 aromatic carbocycles. The summed E-state index contributed by atoms with van der Waals surface area (Å²) in [6.07, 6.45) is 5.78. The van der Waals surface area contributed by atoms with Crippen LogP contribution in [0.4, 0.5) is 5.82 Å². The summed E-state index contributed by atoms with van der Waals surface area (Å²) >= 11 is 0. The fraction of sp³-hybridized carbons (Fsp3) is 0.692. The van der Waals surface area contributed by atoms with Crippen LogP contribution in [0.5, 0.6) is 0 Å². The molecule has 1 aliphatic heterocycles. The van der Waals surface area contributed by atoms with Crippen LogP contribution < -0.4 is 5.32 Å². The van der Waals surface area contributed by atoms with Gasteiger partial charge < -0.3 is 10.2 Å². The second-order valence-electron chi connectivity index (χ2n) is 5.21. The first-order valence-electron chi connectivity index (χ1n) is 6.49. The molecule has 0 unspecified atom stereocenters. The van der Waals surface area contributed by atoms with E-state index in [9.17, 15) is 0 Å². The number of hydrogen-bond acceptors (Lipinski definition) is 4. The smallest absolute Gasteiger partial charge is 0.129 e. The highest BCUT2D eigenvalue weighted by molar-refractivity contribution is 5.33. The van der Waals surface area contributed by atoms with E-state index >= 15 is 0 Å². The number of nitrogens with zero attached hydrogens (tertiary/aromatic N) is 3. The van der Waals surface area contributed by atoms with E-state index in [1.54, 1.807) is 12.5 Å². The van der Waals surface area contributed by atoms with Gasteiger partial charge in [-0.3, -0.25) is 0 Å². The van der Waals surface area contributed by atoms with Crippen LogP contribution in [0, 0.1) is 5.92 Å². The Morgan fingerprint density at radius 2 is 2.18 bits per heavy atom. The zero-order chi connectivity index (χ0) is 12.1. The SMILES string of the molecule is CC(C)CN1CCC(Nc2ccncn2)CC1. The molecule has 4 nitrogen and oxygen atoms in total. The number of anilines is 1. The van der Waals surface area contributed by atoms with Crippen LogP contribution in [0.15, 0.2) is 18.6 Å². The fourth-order valence-corrected chi connectivity index (χ4v) is 2.36. The Morgan fingerprint density at radius 1 is 1.41 bits per heavy atom. The van der Waals surface area contributed by atoms with Crippen LogP contribution in [0.1, 0.15) is 26.7 Å². The Hall–Kier alpha value is -1.16. The van der Waals surface area contributed by atoms with Crippen molar-refractivity contribution in [3.8, 4) is 0 Å². The summed E-state index contributed by atoms with van der Waals surface area (Å²) in [6, 6.07) is 2.49. The van der Waals surface area contributed by atoms with Gasteiger partial charge >= 0.3 is 0 Å². The van der Waals surface area contributed by atoms with Gasteiger partial charge in [-0.25, -0.2) is 9.97 Å². The molecule has 17 heavy (non-hydrogen) atoms. The molecule has 0 atom stereocenters. The molecule has 2 rings (SSSR count). The van der Waals surface area contributed by atoms with E-state index in [0.717, 1.165) is 11.7 Å². The lowest BCUT2D eigenvalue weighted by Gasteiger charge is -2.33. The van der Waals surface area contributed by atoms with Crippen LogP contribution in [-0.2, 0) is 0 Å². The molecule has 94 valence electrons. The summed E-state index contributed by atoms with van der Waals surface area (Å²) in [5.41, 5.74) is 0. The van der Waals surface area contributed by atoms with Gasteiger partial charge in [0, 0.05) is 31.9 Å². The van der Waals surface area contributed by atoms with Crippen molar-refractivity contribution in [1.29, 1.82) is 0 Å². The fourth-order valence-electron chi connectivity index (χ4n) is 2.36. The van der Waals surface area contributed by atoms with E-state index in [4.69, 9.17) is 0 Å². The van der Waals surface area contributed by atoms with Crippen molar-refractivity contribution in [3.05, 3.63) is 18.6 Å². The maximum Gasteiger partial charge on any atom is 0.129 e. The first-order valence-corrected chi connectivity index (χ1v) is 6.49. The van der Waals surface area contributed by atoms with Gasteiger partial charge in [0.1, 0.15) is 12.1 Å². The molecular weight excluding hydrogens is 212 g/mol. The van der Waals surface area contributed by atoms with Gasteiger partial charge in [0.25, 0.3) is 0 Å². The third kappa shape index (κ3) is 3.97. The summed E-state index contributed by atoms with van der Waals surface area (Å²) in [5, 5.41) is 3.48. The number of hydrogen-bond donors (Lipinski definition) is 1. The molecule has 0 aliphatic carbocycles. The molecule has 4 heteroatoms. The predicted molar refractivity (Wildman–Crippen MR) is 70.0 cm³/mol. The molecule has 2 heterocycles. The number of rotatable bonds is 4. The molecule has 0 saturated carbocycles. The van der Waals surface area contributed by atoms with Crippen LogP contribution >= 0.6 is 0 Å². The van der Waals surface area contributed by atoms with Crippen molar-refractivity contribution in [3.63, 3.8) is 0 Å². The Morgan fingerprint density at radius 3 is 2.76 bits per heavy atom.